The molecule has 0 atom stereocenters. The summed E-state index contributed by atoms with van der Waals surface area (Å²) in [4.78, 5) is 20.8. The fourth-order valence-corrected chi connectivity index (χ4v) is 3.69. The molecule has 1 aromatic heterocycles. The van der Waals surface area contributed by atoms with Gasteiger partial charge in [-0.25, -0.2) is 0 Å². The topological polar surface area (TPSA) is 66.4 Å². The Morgan fingerprint density at radius 1 is 1.07 bits per heavy atom. The second kappa shape index (κ2) is 28.3. The van der Waals surface area contributed by atoms with Crippen molar-refractivity contribution in [3.05, 3.63) is 114 Å². The van der Waals surface area contributed by atoms with Gasteiger partial charge in [-0.1, -0.05) is 119 Å². The van der Waals surface area contributed by atoms with E-state index in [1.165, 1.54) is 32.2 Å². The maximum Gasteiger partial charge on any atom is 0.290 e. The molecule has 0 fully saturated rings. The lowest BCUT2D eigenvalue weighted by atomic mass is 10.0. The third-order valence-corrected chi connectivity index (χ3v) is 6.11. The van der Waals surface area contributed by atoms with E-state index in [4.69, 9.17) is 9.90 Å². The Morgan fingerprint density at radius 2 is 1.65 bits per heavy atom. The van der Waals surface area contributed by atoms with E-state index >= 15 is 0 Å². The minimum absolute atomic E-state index is 0.250. The van der Waals surface area contributed by atoms with E-state index in [2.05, 4.69) is 102 Å². The molecule has 0 saturated carbocycles. The second-order valence-corrected chi connectivity index (χ2v) is 9.52. The van der Waals surface area contributed by atoms with Crippen LogP contribution in [0.25, 0.3) is 10.4 Å². The van der Waals surface area contributed by atoms with Crippen LogP contribution in [0.1, 0.15) is 60.3 Å². The molecule has 4 nitrogen and oxygen atoms in total. The van der Waals surface area contributed by atoms with E-state index in [-0.39, 0.29) is 6.47 Å². The van der Waals surface area contributed by atoms with Crippen molar-refractivity contribution in [2.45, 2.75) is 62.3 Å². The molecule has 0 bridgehead atoms. The average molecular weight is 566 g/mol. The van der Waals surface area contributed by atoms with Crippen LogP contribution in [0.15, 0.2) is 109 Å². The lowest BCUT2D eigenvalue weighted by Gasteiger charge is -2.10. The summed E-state index contributed by atoms with van der Waals surface area (Å²) >= 11 is 1.85. The molecule has 2 N–H and O–H groups in total. The third kappa shape index (κ3) is 21.3. The fraction of sp³-hybridized carbons (Fsp3) is 0.314. The number of carboxylic acid groups (broad SMARTS) is 1. The molecule has 1 aromatic carbocycles. The van der Waals surface area contributed by atoms with Gasteiger partial charge in [0, 0.05) is 27.6 Å². The van der Waals surface area contributed by atoms with Crippen LogP contribution >= 0.6 is 11.3 Å². The Morgan fingerprint density at radius 3 is 2.02 bits per heavy atom. The van der Waals surface area contributed by atoms with Gasteiger partial charge in [0.25, 0.3) is 6.47 Å². The van der Waals surface area contributed by atoms with Gasteiger partial charge in [0.05, 0.1) is 0 Å². The van der Waals surface area contributed by atoms with E-state index in [9.17, 15) is 4.79 Å². The van der Waals surface area contributed by atoms with Gasteiger partial charge in [-0.05, 0) is 57.7 Å². The zero-order chi connectivity index (χ0) is 31.3. The van der Waals surface area contributed by atoms with E-state index in [0.29, 0.717) is 11.5 Å². The van der Waals surface area contributed by atoms with Crippen molar-refractivity contribution < 1.29 is 14.7 Å². The van der Waals surface area contributed by atoms with Crippen molar-refractivity contribution in [2.75, 3.05) is 11.9 Å². The van der Waals surface area contributed by atoms with Crippen molar-refractivity contribution >= 4 is 29.8 Å². The largest absolute Gasteiger partial charge is 0.483 e. The van der Waals surface area contributed by atoms with E-state index in [1.54, 1.807) is 18.2 Å². The highest BCUT2D eigenvalue weighted by molar-refractivity contribution is 7.16. The number of rotatable bonds is 9. The first-order chi connectivity index (χ1) is 19.1. The molecule has 220 valence electrons. The van der Waals surface area contributed by atoms with E-state index in [0.717, 1.165) is 12.8 Å². The molecule has 2 aromatic rings. The first-order valence-corrected chi connectivity index (χ1v) is 14.3. The van der Waals surface area contributed by atoms with Crippen LogP contribution < -0.4 is 5.32 Å². The van der Waals surface area contributed by atoms with Gasteiger partial charge in [-0.2, -0.15) is 0 Å². The summed E-state index contributed by atoms with van der Waals surface area (Å²) in [6, 6.07) is 12.8. The summed E-state index contributed by atoms with van der Waals surface area (Å²) in [5, 5.41) is 10.5. The summed E-state index contributed by atoms with van der Waals surface area (Å²) in [5.74, 6) is 0.595. The smallest absolute Gasteiger partial charge is 0.290 e. The third-order valence-electron chi connectivity index (χ3n) is 5.01. The minimum atomic E-state index is -0.250. The number of aldehydes is 1. The number of aryl methyl sites for hydroxylation is 1. The van der Waals surface area contributed by atoms with Crippen LogP contribution in [0.3, 0.4) is 0 Å². The molecule has 0 radical (unpaired) electrons. The number of nitrogens with one attached hydrogen (secondary N) is 1. The van der Waals surface area contributed by atoms with Gasteiger partial charge in [0.2, 0.25) is 0 Å². The number of hydrogen-bond donors (Lipinski definition) is 2. The maximum absolute atomic E-state index is 9.74. The minimum Gasteiger partial charge on any atom is -0.483 e. The maximum atomic E-state index is 9.74. The molecule has 0 aliphatic heterocycles. The molecule has 1 heterocycles. The monoisotopic (exact) mass is 565 g/mol. The molecule has 40 heavy (non-hydrogen) atoms. The molecule has 5 heteroatoms. The summed E-state index contributed by atoms with van der Waals surface area (Å²) < 4.78 is 0. The average Bonchev–Trinajstić information content (AvgIpc) is 3.34. The SMILES string of the molecule is C/C=C(\C=C(/C)C(C)C)CNc1cc(-c2ccccc2)sc1C.C=C(C=O)/C=C\C.C=C/C=C/C.CC.O=CO. The Bertz CT molecular complexity index is 1070. The van der Waals surface area contributed by atoms with Crippen molar-refractivity contribution in [1.82, 2.24) is 0 Å². The summed E-state index contributed by atoms with van der Waals surface area (Å²) in [6.45, 7) is 26.3. The normalized spacial score (nSPS) is 10.6. The van der Waals surface area contributed by atoms with Crippen molar-refractivity contribution in [2.24, 2.45) is 5.92 Å². The van der Waals surface area contributed by atoms with Crippen LogP contribution in [0.5, 0.6) is 0 Å². The van der Waals surface area contributed by atoms with E-state index < -0.39 is 0 Å². The number of carbonyl (C=O) groups is 2. The van der Waals surface area contributed by atoms with Gasteiger partial charge in [-0.3, -0.25) is 9.59 Å². The number of thiophene rings is 1. The van der Waals surface area contributed by atoms with Crippen LogP contribution in [0.4, 0.5) is 5.69 Å². The molecule has 0 amide bonds. The predicted octanol–water partition coefficient (Wildman–Crippen LogP) is 10.5. The fourth-order valence-electron chi connectivity index (χ4n) is 2.68. The lowest BCUT2D eigenvalue weighted by Crippen LogP contribution is -2.04. The summed E-state index contributed by atoms with van der Waals surface area (Å²) in [5.41, 5.74) is 5.80. The zero-order valence-corrected chi connectivity index (χ0v) is 26.8. The first-order valence-electron chi connectivity index (χ1n) is 13.5. The van der Waals surface area contributed by atoms with Gasteiger partial charge in [0.1, 0.15) is 6.29 Å². The number of allylic oxidation sites excluding steroid dienone is 8. The second-order valence-electron chi connectivity index (χ2n) is 8.27. The Hall–Kier alpha value is -3.70. The van der Waals surface area contributed by atoms with Crippen LogP contribution in [0, 0.1) is 12.8 Å². The van der Waals surface area contributed by atoms with Gasteiger partial charge < -0.3 is 10.4 Å². The van der Waals surface area contributed by atoms with E-state index in [1.807, 2.05) is 51.2 Å². The van der Waals surface area contributed by atoms with Gasteiger partial charge in [0.15, 0.2) is 0 Å². The molecule has 0 aliphatic carbocycles. The van der Waals surface area contributed by atoms with Gasteiger partial charge >= 0.3 is 0 Å². The molecule has 0 spiro atoms. The number of carbonyl (C=O) groups excluding carboxylic acids is 1. The highest BCUT2D eigenvalue weighted by Gasteiger charge is 2.07. The highest BCUT2D eigenvalue weighted by Crippen LogP contribution is 2.34. The van der Waals surface area contributed by atoms with Crippen LogP contribution in [-0.2, 0) is 9.59 Å². The Balaban J connectivity index is -0.000000662. The summed E-state index contributed by atoms with van der Waals surface area (Å²) in [7, 11) is 0. The first kappa shape index (κ1) is 40.8. The van der Waals surface area contributed by atoms with Crippen molar-refractivity contribution in [1.29, 1.82) is 0 Å². The predicted molar refractivity (Wildman–Crippen MR) is 180 cm³/mol. The summed E-state index contributed by atoms with van der Waals surface area (Å²) in [6.07, 6.45) is 14.2. The molecule has 0 unspecified atom stereocenters. The van der Waals surface area contributed by atoms with Gasteiger partial charge in [-0.15, -0.1) is 11.3 Å². The Labute approximate surface area is 248 Å². The number of benzene rings is 1. The van der Waals surface area contributed by atoms with Crippen molar-refractivity contribution in [3.8, 4) is 10.4 Å². The highest BCUT2D eigenvalue weighted by atomic mass is 32.1. The molecule has 0 saturated heterocycles. The standard InChI is InChI=1S/C21H27NS.C6H8O.C5H8.C2H6.CH2O2/c1-6-18(12-16(4)15(2)3)14-22-20-13-21(23-17(20)5)19-10-8-7-9-11-19;1-3-4-6(2)5-7;1-3-5-4-2;1-2;2-1-3/h6-13,15,22H,14H2,1-5H3;3-5H,2H2,1H3;3-5H,1H2,2H3;1-2H3;1H,(H,2,3)/b16-12+,18-6+;4-3-;5-4+;;. The van der Waals surface area contributed by atoms with Crippen LogP contribution in [0.2, 0.25) is 0 Å². The van der Waals surface area contributed by atoms with Crippen molar-refractivity contribution in [3.63, 3.8) is 0 Å². The molecular formula is C35H51NO3S. The lowest BCUT2D eigenvalue weighted by molar-refractivity contribution is -0.122. The quantitative estimate of drug-likeness (QED) is 0.180. The number of hydrogen-bond acceptors (Lipinski definition) is 4. The number of anilines is 1. The molecule has 2 rings (SSSR count). The van der Waals surface area contributed by atoms with Crippen LogP contribution in [-0.4, -0.2) is 24.4 Å². The zero-order valence-electron chi connectivity index (χ0n) is 26.0. The molecular weight excluding hydrogens is 514 g/mol. The Kier molecular flexibility index (Phi) is 28.9. The molecule has 0 aliphatic rings.